The molecule has 0 aliphatic rings. The number of aliphatic hydroxyl groups is 2. The highest BCUT2D eigenvalue weighted by atomic mass is 16.3. The summed E-state index contributed by atoms with van der Waals surface area (Å²) in [4.78, 5) is 12.4. The minimum atomic E-state index is -0.643. The fourth-order valence-electron chi connectivity index (χ4n) is 2.08. The maximum atomic E-state index is 12.4. The van der Waals surface area contributed by atoms with E-state index in [9.17, 15) is 15.0 Å². The first-order chi connectivity index (χ1) is 10.5. The zero-order valence-corrected chi connectivity index (χ0v) is 12.6. The van der Waals surface area contributed by atoms with Crippen LogP contribution in [0.5, 0.6) is 0 Å². The van der Waals surface area contributed by atoms with E-state index in [0.29, 0.717) is 11.1 Å². The Morgan fingerprint density at radius 2 is 1.09 bits per heavy atom. The Balaban J connectivity index is 2.10. The zero-order valence-electron chi connectivity index (χ0n) is 12.6. The molecule has 0 heterocycles. The van der Waals surface area contributed by atoms with Crippen molar-refractivity contribution in [1.29, 1.82) is 0 Å². The molecule has 0 saturated heterocycles. The van der Waals surface area contributed by atoms with Gasteiger partial charge in [0.25, 0.3) is 0 Å². The minimum absolute atomic E-state index is 0.0767. The first-order valence-electron chi connectivity index (χ1n) is 7.10. The van der Waals surface area contributed by atoms with E-state index in [1.54, 1.807) is 62.4 Å². The van der Waals surface area contributed by atoms with Gasteiger partial charge in [0.15, 0.2) is 5.78 Å². The van der Waals surface area contributed by atoms with Crippen molar-refractivity contribution < 1.29 is 15.0 Å². The molecule has 2 aromatic carbocycles. The van der Waals surface area contributed by atoms with Crippen LogP contribution in [0.2, 0.25) is 0 Å². The summed E-state index contributed by atoms with van der Waals surface area (Å²) in [5, 5.41) is 24.2. The lowest BCUT2D eigenvalue weighted by atomic mass is 10.0. The summed E-state index contributed by atoms with van der Waals surface area (Å²) >= 11 is 0. The average molecular weight is 300 g/mol. The third-order valence-electron chi connectivity index (χ3n) is 3.05. The highest BCUT2D eigenvalue weighted by Gasteiger charge is 2.09. The third-order valence-corrected chi connectivity index (χ3v) is 3.05. The molecule has 2 rings (SSSR count). The van der Waals surface area contributed by atoms with E-state index >= 15 is 0 Å². The van der Waals surface area contributed by atoms with Gasteiger partial charge in [-0.1, -0.05) is 0 Å². The van der Waals surface area contributed by atoms with Crippen molar-refractivity contribution in [2.45, 2.75) is 26.3 Å². The Morgan fingerprint density at radius 1 is 0.773 bits per heavy atom. The molecule has 0 aromatic heterocycles. The van der Waals surface area contributed by atoms with Crippen molar-refractivity contribution in [3.63, 3.8) is 0 Å². The summed E-state index contributed by atoms with van der Waals surface area (Å²) < 4.78 is 0. The van der Waals surface area contributed by atoms with Crippen LogP contribution < -0.4 is 10.6 Å². The Morgan fingerprint density at radius 3 is 1.36 bits per heavy atom. The lowest BCUT2D eigenvalue weighted by Gasteiger charge is -2.10. The number of carbonyl (C=O) groups is 1. The van der Waals surface area contributed by atoms with Crippen molar-refractivity contribution in [2.24, 2.45) is 0 Å². The van der Waals surface area contributed by atoms with Gasteiger partial charge in [0.1, 0.15) is 12.5 Å². The van der Waals surface area contributed by atoms with Gasteiger partial charge >= 0.3 is 0 Å². The van der Waals surface area contributed by atoms with Crippen LogP contribution in [0.4, 0.5) is 11.4 Å². The van der Waals surface area contributed by atoms with Gasteiger partial charge < -0.3 is 20.8 Å². The van der Waals surface area contributed by atoms with E-state index in [2.05, 4.69) is 10.6 Å². The first kappa shape index (κ1) is 16.0. The molecule has 0 aliphatic heterocycles. The monoisotopic (exact) mass is 300 g/mol. The molecule has 0 fully saturated rings. The van der Waals surface area contributed by atoms with E-state index < -0.39 is 12.5 Å². The van der Waals surface area contributed by atoms with Crippen LogP contribution in [0.1, 0.15) is 29.8 Å². The van der Waals surface area contributed by atoms with E-state index in [4.69, 9.17) is 0 Å². The summed E-state index contributed by atoms with van der Waals surface area (Å²) in [7, 11) is 0. The zero-order chi connectivity index (χ0) is 16.1. The number of nitrogens with one attached hydrogen (secondary N) is 2. The molecule has 2 atom stereocenters. The van der Waals surface area contributed by atoms with Gasteiger partial charge in [0.2, 0.25) is 0 Å². The summed E-state index contributed by atoms with van der Waals surface area (Å²) in [5.41, 5.74) is 2.66. The van der Waals surface area contributed by atoms with Crippen molar-refractivity contribution in [3.8, 4) is 0 Å². The molecule has 0 spiro atoms. The first-order valence-corrected chi connectivity index (χ1v) is 7.10. The van der Waals surface area contributed by atoms with E-state index in [1.165, 1.54) is 0 Å². The second kappa shape index (κ2) is 7.06. The molecular formula is C17H20N2O3. The molecule has 5 heteroatoms. The number of rotatable bonds is 6. The summed E-state index contributed by atoms with van der Waals surface area (Å²) in [6, 6.07) is 13.9. The highest BCUT2D eigenvalue weighted by molar-refractivity contribution is 6.09. The predicted octanol–water partition coefficient (Wildman–Crippen LogP) is 2.42. The normalized spacial score (nSPS) is 13.3. The fourth-order valence-corrected chi connectivity index (χ4v) is 2.08. The van der Waals surface area contributed by atoms with Crippen LogP contribution in [-0.2, 0) is 0 Å². The van der Waals surface area contributed by atoms with Crippen molar-refractivity contribution >= 4 is 17.2 Å². The van der Waals surface area contributed by atoms with Crippen molar-refractivity contribution in [2.75, 3.05) is 10.6 Å². The van der Waals surface area contributed by atoms with Crippen LogP contribution >= 0.6 is 0 Å². The molecule has 116 valence electrons. The molecule has 0 radical (unpaired) electrons. The van der Waals surface area contributed by atoms with Crippen LogP contribution in [0.3, 0.4) is 0 Å². The third kappa shape index (κ3) is 4.31. The van der Waals surface area contributed by atoms with E-state index in [1.807, 2.05) is 0 Å². The Labute approximate surface area is 129 Å². The number of hydrogen-bond acceptors (Lipinski definition) is 5. The fraction of sp³-hybridized carbons (Fsp3) is 0.235. The molecule has 5 nitrogen and oxygen atoms in total. The molecule has 0 bridgehead atoms. The predicted molar refractivity (Wildman–Crippen MR) is 86.9 cm³/mol. The number of aliphatic hydroxyl groups excluding tert-OH is 2. The standard InChI is InChI=1S/C17H20N2O3/c1-11(20)18-15-7-3-13(4-8-15)17(22)14-5-9-16(10-6-14)19-12(2)21/h3-12,18-21H,1-2H3. The average Bonchev–Trinajstić information content (AvgIpc) is 2.47. The quantitative estimate of drug-likeness (QED) is 0.486. The molecular weight excluding hydrogens is 280 g/mol. The maximum Gasteiger partial charge on any atom is 0.193 e. The summed E-state index contributed by atoms with van der Waals surface area (Å²) in [5.74, 6) is -0.0767. The lowest BCUT2D eigenvalue weighted by molar-refractivity contribution is 0.103. The second-order valence-corrected chi connectivity index (χ2v) is 5.12. The number of carbonyl (C=O) groups excluding carboxylic acids is 1. The summed E-state index contributed by atoms with van der Waals surface area (Å²) in [6.07, 6.45) is -1.29. The van der Waals surface area contributed by atoms with Crippen LogP contribution in [0, 0.1) is 0 Å². The number of benzene rings is 2. The molecule has 0 saturated carbocycles. The molecule has 0 amide bonds. The molecule has 4 N–H and O–H groups in total. The van der Waals surface area contributed by atoms with Gasteiger partial charge in [-0.15, -0.1) is 0 Å². The van der Waals surface area contributed by atoms with E-state index in [0.717, 1.165) is 11.4 Å². The summed E-state index contributed by atoms with van der Waals surface area (Å²) in [6.45, 7) is 3.25. The van der Waals surface area contributed by atoms with Gasteiger partial charge in [-0.05, 0) is 62.4 Å². The van der Waals surface area contributed by atoms with Crippen molar-refractivity contribution in [3.05, 3.63) is 59.7 Å². The van der Waals surface area contributed by atoms with Crippen LogP contribution in [0.15, 0.2) is 48.5 Å². The topological polar surface area (TPSA) is 81.6 Å². The van der Waals surface area contributed by atoms with Crippen LogP contribution in [0.25, 0.3) is 0 Å². The Bertz CT molecular complexity index is 564. The van der Waals surface area contributed by atoms with Gasteiger partial charge in [-0.3, -0.25) is 4.79 Å². The molecule has 22 heavy (non-hydrogen) atoms. The molecule has 0 aliphatic carbocycles. The van der Waals surface area contributed by atoms with Gasteiger partial charge in [-0.25, -0.2) is 0 Å². The molecule has 2 aromatic rings. The lowest BCUT2D eigenvalue weighted by Crippen LogP contribution is -2.13. The SMILES string of the molecule is CC(O)Nc1ccc(C(=O)c2ccc(NC(C)O)cc2)cc1. The van der Waals surface area contributed by atoms with Crippen LogP contribution in [-0.4, -0.2) is 28.5 Å². The number of ketones is 1. The highest BCUT2D eigenvalue weighted by Crippen LogP contribution is 2.16. The van der Waals surface area contributed by atoms with Crippen molar-refractivity contribution in [1.82, 2.24) is 0 Å². The number of hydrogen-bond donors (Lipinski definition) is 4. The Hall–Kier alpha value is -2.37. The maximum absolute atomic E-state index is 12.4. The van der Waals surface area contributed by atoms with Gasteiger partial charge in [0.05, 0.1) is 0 Å². The van der Waals surface area contributed by atoms with Gasteiger partial charge in [-0.2, -0.15) is 0 Å². The minimum Gasteiger partial charge on any atom is -0.374 e. The number of anilines is 2. The van der Waals surface area contributed by atoms with E-state index in [-0.39, 0.29) is 5.78 Å². The largest absolute Gasteiger partial charge is 0.374 e. The smallest absolute Gasteiger partial charge is 0.193 e. The Kier molecular flexibility index (Phi) is 5.14. The second-order valence-electron chi connectivity index (χ2n) is 5.12. The van der Waals surface area contributed by atoms with Gasteiger partial charge in [0, 0.05) is 22.5 Å². The molecule has 2 unspecified atom stereocenters.